The average molecular weight is 333 g/mol. The summed E-state index contributed by atoms with van der Waals surface area (Å²) in [5, 5.41) is 3.11. The molecule has 3 nitrogen and oxygen atoms in total. The van der Waals surface area contributed by atoms with Crippen molar-refractivity contribution in [2.75, 3.05) is 11.9 Å². The van der Waals surface area contributed by atoms with Crippen LogP contribution in [-0.2, 0) is 9.53 Å². The van der Waals surface area contributed by atoms with E-state index in [1.165, 1.54) is 0 Å². The first kappa shape index (κ1) is 10.7. The van der Waals surface area contributed by atoms with Crippen molar-refractivity contribution in [3.63, 3.8) is 0 Å². The third-order valence-corrected chi connectivity index (χ3v) is 3.26. The van der Waals surface area contributed by atoms with Gasteiger partial charge in [0.1, 0.15) is 11.1 Å². The number of carbonyl (C=O) groups excluding carboxylic acids is 1. The van der Waals surface area contributed by atoms with Crippen LogP contribution in [0, 0.1) is 0 Å². The number of hydrogen-bond donors (Lipinski definition) is 1. The lowest BCUT2D eigenvalue weighted by molar-refractivity contribution is -0.135. The molecule has 1 aromatic rings. The van der Waals surface area contributed by atoms with Crippen LogP contribution >= 0.6 is 31.9 Å². The van der Waals surface area contributed by atoms with E-state index in [1.807, 2.05) is 24.3 Å². The van der Waals surface area contributed by atoms with Gasteiger partial charge in [-0.2, -0.15) is 0 Å². The first-order valence-electron chi connectivity index (χ1n) is 4.25. The maximum absolute atomic E-state index is 11.1. The Hall–Kier alpha value is -0.810. The molecule has 1 N–H and O–H groups in total. The van der Waals surface area contributed by atoms with Gasteiger partial charge in [-0.05, 0) is 40.2 Å². The molecule has 0 radical (unpaired) electrons. The summed E-state index contributed by atoms with van der Waals surface area (Å²) < 4.78 is 6.32. The third kappa shape index (κ3) is 2.41. The Morgan fingerprint density at radius 3 is 2.40 bits per heavy atom. The molecule has 0 amide bonds. The Morgan fingerprint density at radius 1 is 1.20 bits per heavy atom. The maximum atomic E-state index is 11.1. The number of nitrogens with one attached hydrogen (secondary N) is 1. The number of hydrogen-bond acceptors (Lipinski definition) is 3. The summed E-state index contributed by atoms with van der Waals surface area (Å²) in [6, 6.07) is 7.68. The van der Waals surface area contributed by atoms with Gasteiger partial charge in [-0.25, -0.2) is 4.79 Å². The molecule has 15 heavy (non-hydrogen) atoms. The summed E-state index contributed by atoms with van der Waals surface area (Å²) in [6.45, 7) is 0.287. The van der Waals surface area contributed by atoms with Gasteiger partial charge in [-0.1, -0.05) is 15.9 Å². The topological polar surface area (TPSA) is 38.3 Å². The monoisotopic (exact) mass is 331 g/mol. The number of benzene rings is 1. The largest absolute Gasteiger partial charge is 0.455 e. The normalized spacial score (nSPS) is 15.5. The average Bonchev–Trinajstić information content (AvgIpc) is 2.53. The number of carbonyl (C=O) groups is 1. The molecular weight excluding hydrogens is 326 g/mol. The van der Waals surface area contributed by atoms with E-state index in [9.17, 15) is 4.79 Å². The zero-order chi connectivity index (χ0) is 10.8. The molecule has 0 spiro atoms. The van der Waals surface area contributed by atoms with E-state index in [0.717, 1.165) is 15.9 Å². The molecule has 0 fully saturated rings. The molecule has 1 aliphatic rings. The van der Waals surface area contributed by atoms with Gasteiger partial charge in [0.25, 0.3) is 0 Å². The number of ether oxygens (including phenoxy) is 1. The molecule has 78 valence electrons. The summed E-state index contributed by atoms with van der Waals surface area (Å²) in [6.07, 6.45) is 0. The molecule has 1 heterocycles. The second-order valence-corrected chi connectivity index (χ2v) is 4.71. The van der Waals surface area contributed by atoms with E-state index < -0.39 is 0 Å². The lowest BCUT2D eigenvalue weighted by Crippen LogP contribution is -2.01. The Bertz CT molecular complexity index is 426. The minimum Gasteiger partial charge on any atom is -0.455 e. The van der Waals surface area contributed by atoms with E-state index in [1.54, 1.807) is 0 Å². The van der Waals surface area contributed by atoms with Crippen LogP contribution < -0.4 is 5.32 Å². The highest BCUT2D eigenvalue weighted by atomic mass is 79.9. The Morgan fingerprint density at radius 2 is 1.87 bits per heavy atom. The molecule has 0 aliphatic carbocycles. The van der Waals surface area contributed by atoms with Crippen LogP contribution in [0.3, 0.4) is 0 Å². The number of rotatable bonds is 2. The van der Waals surface area contributed by atoms with Crippen LogP contribution in [0.1, 0.15) is 0 Å². The second kappa shape index (κ2) is 4.37. The molecule has 0 atom stereocenters. The standard InChI is InChI=1S/C10H7Br2NO2/c11-6-1-3-7(4-2-6)13-8-5-15-10(14)9(8)12/h1-4,13H,5H2. The highest BCUT2D eigenvalue weighted by molar-refractivity contribution is 9.12. The van der Waals surface area contributed by atoms with Gasteiger partial charge in [0.2, 0.25) is 0 Å². The minimum absolute atomic E-state index is 0.287. The highest BCUT2D eigenvalue weighted by Crippen LogP contribution is 2.23. The summed E-state index contributed by atoms with van der Waals surface area (Å²) >= 11 is 6.53. The molecule has 1 aromatic carbocycles. The quantitative estimate of drug-likeness (QED) is 0.846. The Balaban J connectivity index is 2.16. The van der Waals surface area contributed by atoms with Gasteiger partial charge < -0.3 is 10.1 Å². The molecule has 0 saturated heterocycles. The van der Waals surface area contributed by atoms with Crippen molar-refractivity contribution < 1.29 is 9.53 Å². The van der Waals surface area contributed by atoms with Crippen LogP contribution in [0.15, 0.2) is 38.9 Å². The molecule has 5 heteroatoms. The van der Waals surface area contributed by atoms with Crippen molar-refractivity contribution >= 4 is 43.5 Å². The van der Waals surface area contributed by atoms with E-state index in [0.29, 0.717) is 4.48 Å². The summed E-state index contributed by atoms with van der Waals surface area (Å²) in [5.74, 6) is -0.324. The Labute approximate surface area is 104 Å². The highest BCUT2D eigenvalue weighted by Gasteiger charge is 2.22. The molecule has 2 rings (SSSR count). The zero-order valence-electron chi connectivity index (χ0n) is 7.59. The van der Waals surface area contributed by atoms with Gasteiger partial charge in [0.15, 0.2) is 0 Å². The molecular formula is C10H7Br2NO2. The molecule has 0 unspecified atom stereocenters. The van der Waals surface area contributed by atoms with Crippen molar-refractivity contribution in [2.45, 2.75) is 0 Å². The van der Waals surface area contributed by atoms with Gasteiger partial charge in [0, 0.05) is 10.2 Å². The summed E-state index contributed by atoms with van der Waals surface area (Å²) in [7, 11) is 0. The van der Waals surface area contributed by atoms with Crippen LogP contribution in [0.25, 0.3) is 0 Å². The number of cyclic esters (lactones) is 1. The lowest BCUT2D eigenvalue weighted by atomic mass is 10.3. The van der Waals surface area contributed by atoms with Gasteiger partial charge >= 0.3 is 5.97 Å². The van der Waals surface area contributed by atoms with E-state index in [2.05, 4.69) is 37.2 Å². The fourth-order valence-electron chi connectivity index (χ4n) is 1.19. The minimum atomic E-state index is -0.324. The summed E-state index contributed by atoms with van der Waals surface area (Å²) in [5.41, 5.74) is 1.67. The SMILES string of the molecule is O=C1OCC(Nc2ccc(Br)cc2)=C1Br. The molecule has 0 saturated carbocycles. The molecule has 1 aliphatic heterocycles. The first-order valence-corrected chi connectivity index (χ1v) is 5.84. The van der Waals surface area contributed by atoms with Gasteiger partial charge in [0.05, 0.1) is 5.70 Å². The molecule has 0 bridgehead atoms. The fraction of sp³-hybridized carbons (Fsp3) is 0.100. The van der Waals surface area contributed by atoms with Crippen molar-refractivity contribution in [1.29, 1.82) is 0 Å². The lowest BCUT2D eigenvalue weighted by Gasteiger charge is -2.05. The first-order chi connectivity index (χ1) is 7.16. The second-order valence-electron chi connectivity index (χ2n) is 3.00. The van der Waals surface area contributed by atoms with E-state index >= 15 is 0 Å². The predicted molar refractivity (Wildman–Crippen MR) is 64.7 cm³/mol. The van der Waals surface area contributed by atoms with Gasteiger partial charge in [-0.3, -0.25) is 0 Å². The van der Waals surface area contributed by atoms with Crippen molar-refractivity contribution in [3.05, 3.63) is 38.9 Å². The zero-order valence-corrected chi connectivity index (χ0v) is 10.8. The van der Waals surface area contributed by atoms with Crippen molar-refractivity contribution in [3.8, 4) is 0 Å². The summed E-state index contributed by atoms with van der Waals surface area (Å²) in [4.78, 5) is 11.1. The Kier molecular flexibility index (Phi) is 3.11. The fourth-order valence-corrected chi connectivity index (χ4v) is 1.78. The maximum Gasteiger partial charge on any atom is 0.347 e. The van der Waals surface area contributed by atoms with E-state index in [-0.39, 0.29) is 12.6 Å². The number of anilines is 1. The predicted octanol–water partition coefficient (Wildman–Crippen LogP) is 3.02. The molecule has 0 aromatic heterocycles. The van der Waals surface area contributed by atoms with Crippen molar-refractivity contribution in [1.82, 2.24) is 0 Å². The van der Waals surface area contributed by atoms with Crippen LogP contribution in [0.2, 0.25) is 0 Å². The number of esters is 1. The van der Waals surface area contributed by atoms with Gasteiger partial charge in [-0.15, -0.1) is 0 Å². The van der Waals surface area contributed by atoms with Crippen molar-refractivity contribution in [2.24, 2.45) is 0 Å². The van der Waals surface area contributed by atoms with Crippen LogP contribution in [0.4, 0.5) is 5.69 Å². The number of halogens is 2. The third-order valence-electron chi connectivity index (χ3n) is 1.93. The van der Waals surface area contributed by atoms with Crippen LogP contribution in [0.5, 0.6) is 0 Å². The smallest absolute Gasteiger partial charge is 0.347 e. The van der Waals surface area contributed by atoms with Crippen LogP contribution in [-0.4, -0.2) is 12.6 Å². The van der Waals surface area contributed by atoms with E-state index in [4.69, 9.17) is 4.74 Å².